The molecule has 0 spiro atoms. The van der Waals surface area contributed by atoms with Crippen LogP contribution < -0.4 is 20.3 Å². The third kappa shape index (κ3) is 5.81. The molecule has 29 heavy (non-hydrogen) atoms. The van der Waals surface area contributed by atoms with Gasteiger partial charge in [-0.05, 0) is 76.2 Å². The third-order valence-electron chi connectivity index (χ3n) is 4.31. The van der Waals surface area contributed by atoms with Crippen molar-refractivity contribution in [3.63, 3.8) is 0 Å². The number of anilines is 5. The molecule has 0 amide bonds. The molecule has 1 aromatic heterocycles. The summed E-state index contributed by atoms with van der Waals surface area (Å²) in [5.74, 6) is 1.88. The van der Waals surface area contributed by atoms with E-state index >= 15 is 0 Å². The standard InChI is InChI=1S/C22H28N6O/c1-5-28(6-2)19-11-7-18(8-12-19)25-22-26-21(15-23-27-22)24-17-9-13-20(14-10-17)29-16(3)4/h7-16H,5-6H2,1-4H3,(H2,24,25,26,27). The van der Waals surface area contributed by atoms with Crippen molar-refractivity contribution in [3.8, 4) is 5.75 Å². The van der Waals surface area contributed by atoms with Crippen LogP contribution in [0.2, 0.25) is 0 Å². The molecule has 3 aromatic rings. The first-order chi connectivity index (χ1) is 14.1. The van der Waals surface area contributed by atoms with Crippen molar-refractivity contribution in [2.75, 3.05) is 28.6 Å². The number of rotatable bonds is 9. The first kappa shape index (κ1) is 20.4. The third-order valence-corrected chi connectivity index (χ3v) is 4.31. The van der Waals surface area contributed by atoms with Gasteiger partial charge in [-0.25, -0.2) is 0 Å². The average Bonchev–Trinajstić information content (AvgIpc) is 2.72. The second-order valence-corrected chi connectivity index (χ2v) is 6.83. The van der Waals surface area contributed by atoms with E-state index in [0.717, 1.165) is 30.2 Å². The molecule has 0 saturated carbocycles. The zero-order valence-corrected chi connectivity index (χ0v) is 17.4. The normalized spacial score (nSPS) is 10.7. The van der Waals surface area contributed by atoms with E-state index in [4.69, 9.17) is 4.74 Å². The summed E-state index contributed by atoms with van der Waals surface area (Å²) >= 11 is 0. The smallest absolute Gasteiger partial charge is 0.249 e. The lowest BCUT2D eigenvalue weighted by Gasteiger charge is -2.21. The molecule has 152 valence electrons. The van der Waals surface area contributed by atoms with Crippen molar-refractivity contribution in [1.29, 1.82) is 0 Å². The monoisotopic (exact) mass is 392 g/mol. The summed E-state index contributed by atoms with van der Waals surface area (Å²) in [5, 5.41) is 14.5. The minimum atomic E-state index is 0.148. The number of aromatic nitrogens is 3. The van der Waals surface area contributed by atoms with E-state index in [-0.39, 0.29) is 6.10 Å². The van der Waals surface area contributed by atoms with E-state index in [2.05, 4.69) is 56.7 Å². The molecule has 0 aliphatic heterocycles. The van der Waals surface area contributed by atoms with Crippen LogP contribution in [0.15, 0.2) is 54.7 Å². The first-order valence-electron chi connectivity index (χ1n) is 9.93. The van der Waals surface area contributed by atoms with Crippen molar-refractivity contribution in [2.45, 2.75) is 33.8 Å². The fourth-order valence-electron chi connectivity index (χ4n) is 2.93. The molecule has 0 aliphatic carbocycles. The molecular weight excluding hydrogens is 364 g/mol. The predicted octanol–water partition coefficient (Wildman–Crippen LogP) is 4.99. The van der Waals surface area contributed by atoms with Crippen LogP contribution in [-0.2, 0) is 0 Å². The average molecular weight is 393 g/mol. The lowest BCUT2D eigenvalue weighted by Crippen LogP contribution is -2.21. The molecule has 0 radical (unpaired) electrons. The Morgan fingerprint density at radius 3 is 2.14 bits per heavy atom. The summed E-state index contributed by atoms with van der Waals surface area (Å²) in [6, 6.07) is 15.9. The Balaban J connectivity index is 1.65. The molecular formula is C22H28N6O. The molecule has 7 heteroatoms. The van der Waals surface area contributed by atoms with E-state index < -0.39 is 0 Å². The van der Waals surface area contributed by atoms with Crippen molar-refractivity contribution in [2.24, 2.45) is 0 Å². The Kier molecular flexibility index (Phi) is 6.84. The van der Waals surface area contributed by atoms with Crippen LogP contribution in [0, 0.1) is 0 Å². The van der Waals surface area contributed by atoms with Gasteiger partial charge in [-0.1, -0.05) is 0 Å². The van der Waals surface area contributed by atoms with Crippen LogP contribution in [0.5, 0.6) is 5.75 Å². The molecule has 0 aliphatic rings. The number of hydrogen-bond acceptors (Lipinski definition) is 7. The Labute approximate surface area is 172 Å². The lowest BCUT2D eigenvalue weighted by atomic mass is 10.2. The van der Waals surface area contributed by atoms with E-state index in [9.17, 15) is 0 Å². The van der Waals surface area contributed by atoms with Gasteiger partial charge in [0.2, 0.25) is 5.95 Å². The molecule has 2 N–H and O–H groups in total. The van der Waals surface area contributed by atoms with Crippen molar-refractivity contribution in [3.05, 3.63) is 54.7 Å². The summed E-state index contributed by atoms with van der Waals surface area (Å²) in [5.41, 5.74) is 3.01. The minimum Gasteiger partial charge on any atom is -0.491 e. The Morgan fingerprint density at radius 2 is 1.52 bits per heavy atom. The SMILES string of the molecule is CCN(CC)c1ccc(Nc2nncc(Nc3ccc(OC(C)C)cc3)n2)cc1. The quantitative estimate of drug-likeness (QED) is 0.531. The Morgan fingerprint density at radius 1 is 0.897 bits per heavy atom. The topological polar surface area (TPSA) is 75.2 Å². The van der Waals surface area contributed by atoms with Gasteiger partial charge >= 0.3 is 0 Å². The van der Waals surface area contributed by atoms with Crippen molar-refractivity contribution < 1.29 is 4.74 Å². The summed E-state index contributed by atoms with van der Waals surface area (Å²) in [4.78, 5) is 6.78. The maximum absolute atomic E-state index is 5.66. The van der Waals surface area contributed by atoms with Gasteiger partial charge in [-0.3, -0.25) is 0 Å². The largest absolute Gasteiger partial charge is 0.491 e. The number of nitrogens with one attached hydrogen (secondary N) is 2. The van der Waals surface area contributed by atoms with Gasteiger partial charge in [0, 0.05) is 30.2 Å². The molecule has 2 aromatic carbocycles. The Bertz CT molecular complexity index is 892. The second kappa shape index (κ2) is 9.73. The number of benzene rings is 2. The fraction of sp³-hybridized carbons (Fsp3) is 0.318. The van der Waals surface area contributed by atoms with Gasteiger partial charge < -0.3 is 20.3 Å². The van der Waals surface area contributed by atoms with E-state index in [1.807, 2.05) is 50.2 Å². The molecule has 1 heterocycles. The molecule has 0 saturated heterocycles. The minimum absolute atomic E-state index is 0.148. The van der Waals surface area contributed by atoms with Gasteiger partial charge in [-0.2, -0.15) is 10.1 Å². The maximum Gasteiger partial charge on any atom is 0.249 e. The van der Waals surface area contributed by atoms with Gasteiger partial charge in [0.15, 0.2) is 5.82 Å². The number of nitrogens with zero attached hydrogens (tertiary/aromatic N) is 4. The van der Waals surface area contributed by atoms with E-state index in [0.29, 0.717) is 11.8 Å². The van der Waals surface area contributed by atoms with Gasteiger partial charge in [0.05, 0.1) is 12.3 Å². The fourth-order valence-corrected chi connectivity index (χ4v) is 2.93. The van der Waals surface area contributed by atoms with Gasteiger partial charge in [0.1, 0.15) is 5.75 Å². The zero-order chi connectivity index (χ0) is 20.6. The molecule has 7 nitrogen and oxygen atoms in total. The van der Waals surface area contributed by atoms with Crippen LogP contribution in [-0.4, -0.2) is 34.4 Å². The van der Waals surface area contributed by atoms with E-state index in [1.54, 1.807) is 6.20 Å². The van der Waals surface area contributed by atoms with Crippen LogP contribution in [0.25, 0.3) is 0 Å². The van der Waals surface area contributed by atoms with Crippen LogP contribution in [0.1, 0.15) is 27.7 Å². The van der Waals surface area contributed by atoms with Crippen molar-refractivity contribution in [1.82, 2.24) is 15.2 Å². The molecule has 0 bridgehead atoms. The number of ether oxygens (including phenoxy) is 1. The highest BCUT2D eigenvalue weighted by Crippen LogP contribution is 2.22. The Hall–Kier alpha value is -3.35. The molecule has 0 fully saturated rings. The van der Waals surface area contributed by atoms with Gasteiger partial charge in [-0.15, -0.1) is 5.10 Å². The van der Waals surface area contributed by atoms with Gasteiger partial charge in [0.25, 0.3) is 0 Å². The predicted molar refractivity (Wildman–Crippen MR) is 119 cm³/mol. The zero-order valence-electron chi connectivity index (χ0n) is 17.4. The summed E-state index contributed by atoms with van der Waals surface area (Å²) in [7, 11) is 0. The summed E-state index contributed by atoms with van der Waals surface area (Å²) < 4.78 is 5.66. The van der Waals surface area contributed by atoms with Crippen molar-refractivity contribution >= 4 is 28.8 Å². The highest BCUT2D eigenvalue weighted by Gasteiger charge is 2.05. The highest BCUT2D eigenvalue weighted by molar-refractivity contribution is 5.61. The molecule has 3 rings (SSSR count). The lowest BCUT2D eigenvalue weighted by molar-refractivity contribution is 0.242. The highest BCUT2D eigenvalue weighted by atomic mass is 16.5. The second-order valence-electron chi connectivity index (χ2n) is 6.83. The maximum atomic E-state index is 5.66. The summed E-state index contributed by atoms with van der Waals surface area (Å²) in [6.07, 6.45) is 1.74. The summed E-state index contributed by atoms with van der Waals surface area (Å²) in [6.45, 7) is 10.3. The van der Waals surface area contributed by atoms with Crippen LogP contribution in [0.3, 0.4) is 0 Å². The molecule has 0 atom stereocenters. The first-order valence-corrected chi connectivity index (χ1v) is 9.93. The number of hydrogen-bond donors (Lipinski definition) is 2. The molecule has 0 unspecified atom stereocenters. The van der Waals surface area contributed by atoms with Crippen LogP contribution >= 0.6 is 0 Å². The van der Waals surface area contributed by atoms with Crippen LogP contribution in [0.4, 0.5) is 28.8 Å². The van der Waals surface area contributed by atoms with E-state index in [1.165, 1.54) is 5.69 Å².